The fraction of sp³-hybridized carbons (Fsp3) is 0.529. The van der Waals surface area contributed by atoms with Crippen molar-refractivity contribution >= 4 is 28.6 Å². The summed E-state index contributed by atoms with van der Waals surface area (Å²) in [7, 11) is 0. The Morgan fingerprint density at radius 1 is 1.42 bits per heavy atom. The Morgan fingerprint density at radius 2 is 2.33 bits per heavy atom. The molecular weight excluding hydrogens is 340 g/mol. The van der Waals surface area contributed by atoms with Gasteiger partial charge in [-0.1, -0.05) is 6.42 Å². The van der Waals surface area contributed by atoms with E-state index in [1.54, 1.807) is 22.7 Å². The zero-order chi connectivity index (χ0) is 16.8. The van der Waals surface area contributed by atoms with Gasteiger partial charge in [0.2, 0.25) is 5.91 Å². The lowest BCUT2D eigenvalue weighted by molar-refractivity contribution is -0.121. The second-order valence-electron chi connectivity index (χ2n) is 6.12. The molecule has 1 amide bonds. The molecule has 3 heterocycles. The third-order valence-electron chi connectivity index (χ3n) is 4.34. The van der Waals surface area contributed by atoms with E-state index in [0.717, 1.165) is 30.2 Å². The van der Waals surface area contributed by atoms with Crippen LogP contribution in [0.2, 0.25) is 0 Å². The number of piperidine rings is 1. The zero-order valence-corrected chi connectivity index (χ0v) is 15.4. The lowest BCUT2D eigenvalue weighted by Crippen LogP contribution is -2.46. The summed E-state index contributed by atoms with van der Waals surface area (Å²) in [5, 5.41) is 10.5. The van der Waals surface area contributed by atoms with Crippen LogP contribution in [0.3, 0.4) is 0 Å². The monoisotopic (exact) mass is 364 g/mol. The van der Waals surface area contributed by atoms with Crippen LogP contribution in [0.4, 0.5) is 0 Å². The average molecular weight is 365 g/mol. The Morgan fingerprint density at radius 3 is 3.12 bits per heavy atom. The van der Waals surface area contributed by atoms with E-state index in [1.165, 1.54) is 18.4 Å². The van der Waals surface area contributed by atoms with Gasteiger partial charge in [0.15, 0.2) is 0 Å². The van der Waals surface area contributed by atoms with Gasteiger partial charge >= 0.3 is 0 Å². The molecule has 0 aromatic carbocycles. The van der Waals surface area contributed by atoms with Gasteiger partial charge < -0.3 is 11.1 Å². The largest absolute Gasteiger partial charge is 0.354 e. The van der Waals surface area contributed by atoms with Crippen molar-refractivity contribution in [2.75, 3.05) is 19.6 Å². The third kappa shape index (κ3) is 4.63. The lowest BCUT2D eigenvalue weighted by Gasteiger charge is -2.35. The number of thiazole rings is 1. The maximum atomic E-state index is 11.7. The number of carbonyl (C=O) groups excluding carboxylic acids is 1. The SMILES string of the molecule is NCCC(=O)NCC1CCCCN1Cc1csc(-c2ccsc2)n1. The van der Waals surface area contributed by atoms with Crippen molar-refractivity contribution in [2.45, 2.75) is 38.3 Å². The second-order valence-corrected chi connectivity index (χ2v) is 7.76. The first kappa shape index (κ1) is 17.5. The van der Waals surface area contributed by atoms with Crippen molar-refractivity contribution in [2.24, 2.45) is 5.73 Å². The summed E-state index contributed by atoms with van der Waals surface area (Å²) in [6, 6.07) is 2.51. The Bertz CT molecular complexity index is 641. The Labute approximate surface area is 150 Å². The minimum Gasteiger partial charge on any atom is -0.354 e. The fourth-order valence-corrected chi connectivity index (χ4v) is 4.58. The first-order valence-corrected chi connectivity index (χ1v) is 10.3. The molecule has 2 aromatic rings. The van der Waals surface area contributed by atoms with E-state index in [4.69, 9.17) is 10.7 Å². The normalized spacial score (nSPS) is 18.6. The molecule has 1 aliphatic rings. The third-order valence-corrected chi connectivity index (χ3v) is 5.96. The van der Waals surface area contributed by atoms with Crippen LogP contribution >= 0.6 is 22.7 Å². The summed E-state index contributed by atoms with van der Waals surface area (Å²) >= 11 is 3.41. The molecule has 0 aliphatic carbocycles. The van der Waals surface area contributed by atoms with Crippen molar-refractivity contribution in [1.82, 2.24) is 15.2 Å². The van der Waals surface area contributed by atoms with Crippen molar-refractivity contribution in [1.29, 1.82) is 0 Å². The van der Waals surface area contributed by atoms with Gasteiger partial charge in [0.05, 0.1) is 5.69 Å². The zero-order valence-electron chi connectivity index (χ0n) is 13.7. The molecule has 3 rings (SSSR count). The highest BCUT2D eigenvalue weighted by Crippen LogP contribution is 2.27. The van der Waals surface area contributed by atoms with Crippen LogP contribution in [0.1, 0.15) is 31.4 Å². The van der Waals surface area contributed by atoms with E-state index in [2.05, 4.69) is 32.4 Å². The van der Waals surface area contributed by atoms with E-state index < -0.39 is 0 Å². The number of amides is 1. The van der Waals surface area contributed by atoms with Crippen LogP contribution in [-0.4, -0.2) is 41.5 Å². The van der Waals surface area contributed by atoms with Crippen LogP contribution < -0.4 is 11.1 Å². The summed E-state index contributed by atoms with van der Waals surface area (Å²) < 4.78 is 0. The Kier molecular flexibility index (Phi) is 6.37. The lowest BCUT2D eigenvalue weighted by atomic mass is 10.0. The summed E-state index contributed by atoms with van der Waals surface area (Å²) in [6.45, 7) is 3.05. The van der Waals surface area contributed by atoms with Gasteiger partial charge in [-0.15, -0.1) is 11.3 Å². The number of nitrogens with zero attached hydrogens (tertiary/aromatic N) is 2. The van der Waals surface area contributed by atoms with Crippen LogP contribution in [0.15, 0.2) is 22.2 Å². The van der Waals surface area contributed by atoms with Crippen molar-refractivity contribution in [3.05, 3.63) is 27.9 Å². The van der Waals surface area contributed by atoms with Crippen LogP contribution in [0, 0.1) is 0 Å². The number of carbonyl (C=O) groups is 1. The molecule has 130 valence electrons. The Hall–Kier alpha value is -1.28. The number of nitrogens with two attached hydrogens (primary N) is 1. The molecule has 1 atom stereocenters. The maximum Gasteiger partial charge on any atom is 0.221 e. The average Bonchev–Trinajstić information content (AvgIpc) is 3.25. The Balaban J connectivity index is 1.58. The summed E-state index contributed by atoms with van der Waals surface area (Å²) in [6.07, 6.45) is 3.98. The summed E-state index contributed by atoms with van der Waals surface area (Å²) in [5.74, 6) is 0.0522. The van der Waals surface area contributed by atoms with Gasteiger partial charge in [0.1, 0.15) is 5.01 Å². The molecule has 0 radical (unpaired) electrons. The maximum absolute atomic E-state index is 11.7. The second kappa shape index (κ2) is 8.71. The molecule has 1 saturated heterocycles. The van der Waals surface area contributed by atoms with E-state index in [0.29, 0.717) is 25.6 Å². The molecule has 1 fully saturated rings. The molecule has 3 N–H and O–H groups in total. The van der Waals surface area contributed by atoms with E-state index in [1.807, 2.05) is 0 Å². The molecule has 0 bridgehead atoms. The molecule has 24 heavy (non-hydrogen) atoms. The number of hydrogen-bond acceptors (Lipinski definition) is 6. The summed E-state index contributed by atoms with van der Waals surface area (Å²) in [4.78, 5) is 18.9. The van der Waals surface area contributed by atoms with Gasteiger partial charge in [-0.05, 0) is 30.8 Å². The quantitative estimate of drug-likeness (QED) is 0.792. The number of nitrogens with one attached hydrogen (secondary N) is 1. The van der Waals surface area contributed by atoms with Crippen molar-refractivity contribution in [3.8, 4) is 10.6 Å². The minimum atomic E-state index is 0.0522. The predicted octanol–water partition coefficient (Wildman–Crippen LogP) is 2.69. The standard InChI is InChI=1S/C17H24N4OS2/c18-6-4-16(22)19-9-15-3-1-2-7-21(15)10-14-12-24-17(20-14)13-5-8-23-11-13/h5,8,11-12,15H,1-4,6-7,9-10,18H2,(H,19,22). The van der Waals surface area contributed by atoms with Crippen molar-refractivity contribution in [3.63, 3.8) is 0 Å². The highest BCUT2D eigenvalue weighted by Gasteiger charge is 2.23. The first-order valence-electron chi connectivity index (χ1n) is 8.44. The first-order chi connectivity index (χ1) is 11.8. The van der Waals surface area contributed by atoms with Crippen LogP contribution in [0.25, 0.3) is 10.6 Å². The smallest absolute Gasteiger partial charge is 0.221 e. The number of hydrogen-bond donors (Lipinski definition) is 2. The number of aromatic nitrogens is 1. The van der Waals surface area contributed by atoms with Crippen LogP contribution in [0.5, 0.6) is 0 Å². The van der Waals surface area contributed by atoms with Gasteiger partial charge in [-0.25, -0.2) is 4.98 Å². The highest BCUT2D eigenvalue weighted by molar-refractivity contribution is 7.14. The summed E-state index contributed by atoms with van der Waals surface area (Å²) in [5.41, 5.74) is 7.77. The van der Waals surface area contributed by atoms with Gasteiger partial charge in [0.25, 0.3) is 0 Å². The van der Waals surface area contributed by atoms with Gasteiger partial charge in [-0.2, -0.15) is 11.3 Å². The number of likely N-dealkylation sites (tertiary alicyclic amines) is 1. The topological polar surface area (TPSA) is 71.2 Å². The number of rotatable bonds is 7. The molecule has 1 unspecified atom stereocenters. The predicted molar refractivity (Wildman–Crippen MR) is 100 cm³/mol. The minimum absolute atomic E-state index is 0.0522. The molecule has 0 saturated carbocycles. The molecule has 5 nitrogen and oxygen atoms in total. The van der Waals surface area contributed by atoms with Gasteiger partial charge in [-0.3, -0.25) is 9.69 Å². The number of thiophene rings is 1. The molecule has 7 heteroatoms. The molecule has 1 aliphatic heterocycles. The molecule has 2 aromatic heterocycles. The highest BCUT2D eigenvalue weighted by atomic mass is 32.1. The fourth-order valence-electron chi connectivity index (χ4n) is 3.06. The molecule has 0 spiro atoms. The van der Waals surface area contributed by atoms with E-state index in [9.17, 15) is 4.79 Å². The van der Waals surface area contributed by atoms with E-state index >= 15 is 0 Å². The van der Waals surface area contributed by atoms with Crippen LogP contribution in [-0.2, 0) is 11.3 Å². The van der Waals surface area contributed by atoms with Crippen molar-refractivity contribution < 1.29 is 4.79 Å². The van der Waals surface area contributed by atoms with E-state index in [-0.39, 0.29) is 5.91 Å². The van der Waals surface area contributed by atoms with Gasteiger partial charge in [0, 0.05) is 48.4 Å². The molecular formula is C17H24N4OS2.